The zero-order valence-corrected chi connectivity index (χ0v) is 21.5. The first-order valence-electron chi connectivity index (χ1n) is 12.0. The number of ether oxygens (including phenoxy) is 1. The van der Waals surface area contributed by atoms with E-state index in [1.807, 2.05) is 0 Å². The number of rotatable bonds is 12. The summed E-state index contributed by atoms with van der Waals surface area (Å²) in [5.74, 6) is 0.588. The molecular formula is C26H28N6O5S. The maximum absolute atomic E-state index is 12.7. The van der Waals surface area contributed by atoms with Crippen molar-refractivity contribution < 1.29 is 17.9 Å². The van der Waals surface area contributed by atoms with Gasteiger partial charge >= 0.3 is 0 Å². The predicted molar refractivity (Wildman–Crippen MR) is 143 cm³/mol. The second-order valence-electron chi connectivity index (χ2n) is 8.49. The van der Waals surface area contributed by atoms with Crippen molar-refractivity contribution in [2.24, 2.45) is 0 Å². The molecule has 0 bridgehead atoms. The summed E-state index contributed by atoms with van der Waals surface area (Å²) in [6.07, 6.45) is 5.59. The van der Waals surface area contributed by atoms with E-state index in [4.69, 9.17) is 4.74 Å². The molecule has 4 rings (SSSR count). The van der Waals surface area contributed by atoms with Crippen LogP contribution in [0.4, 0.5) is 5.95 Å². The Morgan fingerprint density at radius 1 is 1.05 bits per heavy atom. The third-order valence-electron chi connectivity index (χ3n) is 5.45. The Hall–Kier alpha value is -4.29. The van der Waals surface area contributed by atoms with Crippen LogP contribution in [-0.2, 0) is 10.0 Å². The number of nitrogens with one attached hydrogen (secondary N) is 3. The van der Waals surface area contributed by atoms with Crippen LogP contribution >= 0.6 is 0 Å². The number of anilines is 1. The van der Waals surface area contributed by atoms with Gasteiger partial charge in [-0.05, 0) is 49.7 Å². The average Bonchev–Trinajstić information content (AvgIpc) is 2.92. The molecule has 0 saturated carbocycles. The summed E-state index contributed by atoms with van der Waals surface area (Å²) in [5, 5.41) is 5.77. The standard InChI is InChI=1S/C26H28N6O5S/c1-19(31-38(35,36)23-7-3-2-4-8-23)17-30-25(34)20-15-21-9-10-22(18-32(21)24(33)16-20)37-14-6-13-29-26-27-11-5-12-28-26/h2-5,7-12,15-16,18-19,31H,6,13-14,17H2,1H3,(H,30,34)(H,27,28,29). The Kier molecular flexibility index (Phi) is 8.66. The Morgan fingerprint density at radius 3 is 2.58 bits per heavy atom. The van der Waals surface area contributed by atoms with E-state index in [9.17, 15) is 18.0 Å². The highest BCUT2D eigenvalue weighted by Gasteiger charge is 2.18. The number of pyridine rings is 2. The third kappa shape index (κ3) is 7.14. The largest absolute Gasteiger partial charge is 0.492 e. The van der Waals surface area contributed by atoms with Gasteiger partial charge in [0.2, 0.25) is 16.0 Å². The van der Waals surface area contributed by atoms with Gasteiger partial charge in [0.15, 0.2) is 0 Å². The molecule has 3 aromatic heterocycles. The number of aromatic nitrogens is 3. The van der Waals surface area contributed by atoms with E-state index in [2.05, 4.69) is 25.3 Å². The van der Waals surface area contributed by atoms with Crippen molar-refractivity contribution in [1.29, 1.82) is 0 Å². The number of carbonyl (C=O) groups is 1. The fraction of sp³-hybridized carbons (Fsp3) is 0.231. The van der Waals surface area contributed by atoms with Crippen LogP contribution in [0.1, 0.15) is 23.7 Å². The van der Waals surface area contributed by atoms with Gasteiger partial charge in [0.25, 0.3) is 11.5 Å². The molecule has 4 aromatic rings. The number of sulfonamides is 1. The highest BCUT2D eigenvalue weighted by Crippen LogP contribution is 2.14. The zero-order valence-electron chi connectivity index (χ0n) is 20.7. The molecule has 0 aliphatic heterocycles. The summed E-state index contributed by atoms with van der Waals surface area (Å²) < 4.78 is 34.6. The average molecular weight is 537 g/mol. The first-order chi connectivity index (χ1) is 18.3. The van der Waals surface area contributed by atoms with Crippen LogP contribution in [0.3, 0.4) is 0 Å². The fourth-order valence-corrected chi connectivity index (χ4v) is 4.86. The van der Waals surface area contributed by atoms with Crippen molar-refractivity contribution >= 4 is 27.4 Å². The van der Waals surface area contributed by atoms with Crippen molar-refractivity contribution in [3.05, 3.63) is 95.2 Å². The molecule has 3 N–H and O–H groups in total. The van der Waals surface area contributed by atoms with E-state index in [0.29, 0.717) is 36.8 Å². The molecule has 198 valence electrons. The lowest BCUT2D eigenvalue weighted by atomic mass is 10.2. The van der Waals surface area contributed by atoms with Gasteiger partial charge in [0.05, 0.1) is 17.7 Å². The minimum absolute atomic E-state index is 0.0439. The molecule has 0 aliphatic rings. The number of benzene rings is 1. The van der Waals surface area contributed by atoms with Gasteiger partial charge in [-0.15, -0.1) is 0 Å². The van der Waals surface area contributed by atoms with E-state index < -0.39 is 22.0 Å². The van der Waals surface area contributed by atoms with Gasteiger partial charge in [-0.2, -0.15) is 0 Å². The van der Waals surface area contributed by atoms with Gasteiger partial charge in [-0.1, -0.05) is 18.2 Å². The lowest BCUT2D eigenvalue weighted by Crippen LogP contribution is -2.41. The number of nitrogens with zero attached hydrogens (tertiary/aromatic N) is 3. The topological polar surface area (TPSA) is 144 Å². The first-order valence-corrected chi connectivity index (χ1v) is 13.5. The van der Waals surface area contributed by atoms with Gasteiger partial charge in [0.1, 0.15) is 5.75 Å². The van der Waals surface area contributed by atoms with Crippen molar-refractivity contribution in [2.45, 2.75) is 24.3 Å². The molecule has 12 heteroatoms. The minimum Gasteiger partial charge on any atom is -0.492 e. The normalized spacial score (nSPS) is 12.1. The van der Waals surface area contributed by atoms with Crippen LogP contribution in [0.25, 0.3) is 5.52 Å². The maximum atomic E-state index is 12.7. The Bertz CT molecular complexity index is 1550. The molecule has 1 unspecified atom stereocenters. The van der Waals surface area contributed by atoms with Crippen molar-refractivity contribution in [1.82, 2.24) is 24.4 Å². The predicted octanol–water partition coefficient (Wildman–Crippen LogP) is 2.07. The molecule has 0 spiro atoms. The molecule has 1 aromatic carbocycles. The summed E-state index contributed by atoms with van der Waals surface area (Å²) in [6.45, 7) is 2.74. The van der Waals surface area contributed by atoms with Crippen LogP contribution in [0.5, 0.6) is 5.75 Å². The summed E-state index contributed by atoms with van der Waals surface area (Å²) >= 11 is 0. The van der Waals surface area contributed by atoms with Crippen molar-refractivity contribution in [3.63, 3.8) is 0 Å². The Morgan fingerprint density at radius 2 is 1.82 bits per heavy atom. The highest BCUT2D eigenvalue weighted by atomic mass is 32.2. The molecular weight excluding hydrogens is 508 g/mol. The second-order valence-corrected chi connectivity index (χ2v) is 10.2. The Labute approximate surface area is 220 Å². The van der Waals surface area contributed by atoms with Crippen LogP contribution in [-0.4, -0.2) is 54.4 Å². The van der Waals surface area contributed by atoms with E-state index in [-0.39, 0.29) is 22.6 Å². The molecule has 0 saturated heterocycles. The van der Waals surface area contributed by atoms with Gasteiger partial charge < -0.3 is 15.4 Å². The monoisotopic (exact) mass is 536 g/mol. The van der Waals surface area contributed by atoms with Crippen LogP contribution in [0.15, 0.2) is 88.9 Å². The number of amides is 1. The SMILES string of the molecule is CC(CNC(=O)c1cc(=O)n2cc(OCCCNc3ncccn3)ccc2c1)NS(=O)(=O)c1ccccc1. The van der Waals surface area contributed by atoms with Crippen LogP contribution in [0.2, 0.25) is 0 Å². The summed E-state index contributed by atoms with van der Waals surface area (Å²) in [7, 11) is -3.71. The molecule has 0 aliphatic carbocycles. The van der Waals surface area contributed by atoms with Crippen LogP contribution < -0.4 is 25.7 Å². The lowest BCUT2D eigenvalue weighted by Gasteiger charge is -2.15. The molecule has 3 heterocycles. The van der Waals surface area contributed by atoms with Gasteiger partial charge in [-0.3, -0.25) is 14.0 Å². The Balaban J connectivity index is 1.30. The molecule has 1 atom stereocenters. The molecule has 1 amide bonds. The molecule has 11 nitrogen and oxygen atoms in total. The van der Waals surface area contributed by atoms with E-state index in [1.54, 1.807) is 68.0 Å². The lowest BCUT2D eigenvalue weighted by molar-refractivity contribution is 0.0951. The summed E-state index contributed by atoms with van der Waals surface area (Å²) in [4.78, 5) is 33.7. The number of hydrogen-bond acceptors (Lipinski definition) is 8. The number of hydrogen-bond donors (Lipinski definition) is 3. The number of fused-ring (bicyclic) bond motifs is 1. The highest BCUT2D eigenvalue weighted by molar-refractivity contribution is 7.89. The maximum Gasteiger partial charge on any atom is 0.255 e. The summed E-state index contributed by atoms with van der Waals surface area (Å²) in [5.41, 5.74) is 0.311. The molecule has 0 fully saturated rings. The van der Waals surface area contributed by atoms with Crippen molar-refractivity contribution in [2.75, 3.05) is 25.0 Å². The van der Waals surface area contributed by atoms with Crippen molar-refractivity contribution in [3.8, 4) is 5.75 Å². The smallest absolute Gasteiger partial charge is 0.255 e. The fourth-order valence-electron chi connectivity index (χ4n) is 3.60. The van der Waals surface area contributed by atoms with E-state index in [0.717, 1.165) is 0 Å². The first kappa shape index (κ1) is 26.8. The van der Waals surface area contributed by atoms with Gasteiger partial charge in [-0.25, -0.2) is 23.1 Å². The number of carbonyl (C=O) groups excluding carboxylic acids is 1. The third-order valence-corrected chi connectivity index (χ3v) is 7.06. The van der Waals surface area contributed by atoms with Crippen LogP contribution in [0, 0.1) is 0 Å². The quantitative estimate of drug-likeness (QED) is 0.234. The zero-order chi connectivity index (χ0) is 27.0. The van der Waals surface area contributed by atoms with Gasteiger partial charge in [0, 0.05) is 48.7 Å². The molecule has 0 radical (unpaired) electrons. The minimum atomic E-state index is -3.71. The summed E-state index contributed by atoms with van der Waals surface area (Å²) in [6, 6.07) is 15.4. The second kappa shape index (κ2) is 12.3. The van der Waals surface area contributed by atoms with E-state index in [1.165, 1.54) is 22.6 Å². The van der Waals surface area contributed by atoms with E-state index >= 15 is 0 Å². The molecule has 38 heavy (non-hydrogen) atoms.